The molecule has 0 aliphatic rings. The van der Waals surface area contributed by atoms with Gasteiger partial charge in [-0.2, -0.15) is 0 Å². The molecule has 0 amide bonds. The van der Waals surface area contributed by atoms with Crippen molar-refractivity contribution in [1.29, 1.82) is 0 Å². The predicted molar refractivity (Wildman–Crippen MR) is 99.4 cm³/mol. The van der Waals surface area contributed by atoms with Gasteiger partial charge in [-0.25, -0.2) is 0 Å². The highest BCUT2D eigenvalue weighted by molar-refractivity contribution is 9.10. The van der Waals surface area contributed by atoms with E-state index < -0.39 is 0 Å². The molecule has 1 rings (SSSR count). The van der Waals surface area contributed by atoms with E-state index in [0.29, 0.717) is 18.8 Å². The highest BCUT2D eigenvalue weighted by Gasteiger charge is 2.10. The minimum atomic E-state index is -0.335. The summed E-state index contributed by atoms with van der Waals surface area (Å²) in [5.74, 6) is 0.0818. The molecular formula is C19H27BrO5. The Hall–Kier alpha value is -1.56. The molecule has 0 heterocycles. The highest BCUT2D eigenvalue weighted by Crippen LogP contribution is 2.23. The van der Waals surface area contributed by atoms with Gasteiger partial charge < -0.3 is 14.2 Å². The van der Waals surface area contributed by atoms with Crippen LogP contribution in [-0.4, -0.2) is 25.7 Å². The van der Waals surface area contributed by atoms with E-state index in [2.05, 4.69) is 22.9 Å². The monoisotopic (exact) mass is 414 g/mol. The number of carbonyl (C=O) groups is 2. The van der Waals surface area contributed by atoms with Crippen LogP contribution in [0.4, 0.5) is 0 Å². The fraction of sp³-hybridized carbons (Fsp3) is 0.579. The van der Waals surface area contributed by atoms with Crippen molar-refractivity contribution in [3.63, 3.8) is 0 Å². The SMILES string of the molecule is CCCCCCOC(=O)CCCC(=O)OCc1cc(Br)ccc1OC. The first-order valence-corrected chi connectivity index (χ1v) is 9.49. The van der Waals surface area contributed by atoms with E-state index in [0.717, 1.165) is 35.7 Å². The van der Waals surface area contributed by atoms with Crippen molar-refractivity contribution in [3.8, 4) is 5.75 Å². The van der Waals surface area contributed by atoms with Gasteiger partial charge in [0.05, 0.1) is 13.7 Å². The van der Waals surface area contributed by atoms with Crippen LogP contribution >= 0.6 is 15.9 Å². The lowest BCUT2D eigenvalue weighted by Gasteiger charge is -2.10. The van der Waals surface area contributed by atoms with E-state index in [1.165, 1.54) is 0 Å². The van der Waals surface area contributed by atoms with E-state index in [9.17, 15) is 9.59 Å². The number of rotatable bonds is 12. The van der Waals surface area contributed by atoms with Gasteiger partial charge in [-0.3, -0.25) is 9.59 Å². The number of hydrogen-bond donors (Lipinski definition) is 0. The molecule has 1 aromatic rings. The number of halogens is 1. The second-order valence-electron chi connectivity index (χ2n) is 5.75. The molecule has 0 saturated heterocycles. The third-order valence-electron chi connectivity index (χ3n) is 3.65. The summed E-state index contributed by atoms with van der Waals surface area (Å²) in [5, 5.41) is 0. The maximum atomic E-state index is 11.8. The number of unbranched alkanes of at least 4 members (excludes halogenated alkanes) is 3. The molecule has 0 bridgehead atoms. The Balaban J connectivity index is 2.19. The molecule has 0 atom stereocenters. The standard InChI is InChI=1S/C19H27BrO5/c1-3-4-5-6-12-24-18(21)8-7-9-19(22)25-14-15-13-16(20)10-11-17(15)23-2/h10-11,13H,3-9,12,14H2,1-2H3. The Kier molecular flexibility index (Phi) is 11.0. The molecule has 6 heteroatoms. The van der Waals surface area contributed by atoms with Crippen LogP contribution in [-0.2, 0) is 25.7 Å². The molecule has 0 N–H and O–H groups in total. The van der Waals surface area contributed by atoms with Crippen molar-refractivity contribution in [2.45, 2.75) is 58.5 Å². The van der Waals surface area contributed by atoms with E-state index >= 15 is 0 Å². The van der Waals surface area contributed by atoms with Gasteiger partial charge in [0.15, 0.2) is 0 Å². The molecule has 0 spiro atoms. The Morgan fingerprint density at radius 3 is 2.40 bits per heavy atom. The van der Waals surface area contributed by atoms with Gasteiger partial charge in [0.1, 0.15) is 12.4 Å². The van der Waals surface area contributed by atoms with Crippen molar-refractivity contribution < 1.29 is 23.8 Å². The van der Waals surface area contributed by atoms with E-state index in [1.54, 1.807) is 7.11 Å². The third kappa shape index (κ3) is 9.48. The Morgan fingerprint density at radius 1 is 1.00 bits per heavy atom. The molecular weight excluding hydrogens is 388 g/mol. The quantitative estimate of drug-likeness (QED) is 0.363. The van der Waals surface area contributed by atoms with Crippen LogP contribution in [0.1, 0.15) is 57.4 Å². The third-order valence-corrected chi connectivity index (χ3v) is 4.15. The fourth-order valence-electron chi connectivity index (χ4n) is 2.25. The van der Waals surface area contributed by atoms with Crippen LogP contribution in [0.25, 0.3) is 0 Å². The van der Waals surface area contributed by atoms with Gasteiger partial charge in [-0.1, -0.05) is 42.1 Å². The lowest BCUT2D eigenvalue weighted by atomic mass is 10.2. The van der Waals surface area contributed by atoms with E-state index in [4.69, 9.17) is 14.2 Å². The zero-order chi connectivity index (χ0) is 18.5. The molecule has 0 aromatic heterocycles. The summed E-state index contributed by atoms with van der Waals surface area (Å²) in [4.78, 5) is 23.3. The Bertz CT molecular complexity index is 545. The lowest BCUT2D eigenvalue weighted by Crippen LogP contribution is -2.09. The first-order valence-electron chi connectivity index (χ1n) is 8.70. The number of esters is 2. The van der Waals surface area contributed by atoms with E-state index in [1.807, 2.05) is 18.2 Å². The van der Waals surface area contributed by atoms with Crippen molar-refractivity contribution >= 4 is 27.9 Å². The minimum Gasteiger partial charge on any atom is -0.496 e. The minimum absolute atomic E-state index is 0.142. The van der Waals surface area contributed by atoms with Crippen molar-refractivity contribution in [2.75, 3.05) is 13.7 Å². The molecule has 25 heavy (non-hydrogen) atoms. The molecule has 1 aromatic carbocycles. The normalized spacial score (nSPS) is 10.4. The molecule has 140 valence electrons. The topological polar surface area (TPSA) is 61.8 Å². The van der Waals surface area contributed by atoms with Crippen LogP contribution in [0, 0.1) is 0 Å². The first-order chi connectivity index (χ1) is 12.1. The molecule has 0 unspecified atom stereocenters. The molecule has 0 fully saturated rings. The van der Waals surface area contributed by atoms with Crippen LogP contribution in [0.15, 0.2) is 22.7 Å². The Labute approximate surface area is 158 Å². The van der Waals surface area contributed by atoms with Gasteiger partial charge >= 0.3 is 11.9 Å². The average molecular weight is 415 g/mol. The predicted octanol–water partition coefficient (Wildman–Crippen LogP) is 4.79. The maximum absolute atomic E-state index is 11.8. The second-order valence-corrected chi connectivity index (χ2v) is 6.67. The Morgan fingerprint density at radius 2 is 1.72 bits per heavy atom. The van der Waals surface area contributed by atoms with E-state index in [-0.39, 0.29) is 31.4 Å². The van der Waals surface area contributed by atoms with Crippen LogP contribution in [0.2, 0.25) is 0 Å². The fourth-order valence-corrected chi connectivity index (χ4v) is 2.66. The summed E-state index contributed by atoms with van der Waals surface area (Å²) in [6.07, 6.45) is 5.16. The molecule has 5 nitrogen and oxygen atoms in total. The number of benzene rings is 1. The number of ether oxygens (including phenoxy) is 3. The van der Waals surface area contributed by atoms with Crippen molar-refractivity contribution in [2.24, 2.45) is 0 Å². The van der Waals surface area contributed by atoms with Crippen molar-refractivity contribution in [1.82, 2.24) is 0 Å². The maximum Gasteiger partial charge on any atom is 0.306 e. The summed E-state index contributed by atoms with van der Waals surface area (Å²) in [7, 11) is 1.57. The van der Waals surface area contributed by atoms with Crippen LogP contribution in [0.5, 0.6) is 5.75 Å². The van der Waals surface area contributed by atoms with Crippen LogP contribution < -0.4 is 4.74 Å². The summed E-state index contributed by atoms with van der Waals surface area (Å²) >= 11 is 3.38. The zero-order valence-electron chi connectivity index (χ0n) is 15.0. The summed E-state index contributed by atoms with van der Waals surface area (Å²) in [5.41, 5.74) is 0.789. The summed E-state index contributed by atoms with van der Waals surface area (Å²) in [6.45, 7) is 2.74. The van der Waals surface area contributed by atoms with Gasteiger partial charge in [-0.05, 0) is 31.0 Å². The smallest absolute Gasteiger partial charge is 0.306 e. The van der Waals surface area contributed by atoms with Crippen LogP contribution in [0.3, 0.4) is 0 Å². The zero-order valence-corrected chi connectivity index (χ0v) is 16.6. The number of carbonyl (C=O) groups excluding carboxylic acids is 2. The summed E-state index contributed by atoms with van der Waals surface area (Å²) < 4.78 is 16.5. The number of methoxy groups -OCH3 is 1. The lowest BCUT2D eigenvalue weighted by molar-refractivity contribution is -0.146. The molecule has 0 aliphatic heterocycles. The molecule has 0 saturated carbocycles. The molecule has 0 aliphatic carbocycles. The van der Waals surface area contributed by atoms with Gasteiger partial charge in [0.2, 0.25) is 0 Å². The second kappa shape index (κ2) is 12.8. The van der Waals surface area contributed by atoms with Gasteiger partial charge in [0, 0.05) is 22.9 Å². The van der Waals surface area contributed by atoms with Gasteiger partial charge in [-0.15, -0.1) is 0 Å². The molecule has 0 radical (unpaired) electrons. The first kappa shape index (κ1) is 21.5. The average Bonchev–Trinajstić information content (AvgIpc) is 2.60. The summed E-state index contributed by atoms with van der Waals surface area (Å²) in [6, 6.07) is 5.52. The largest absolute Gasteiger partial charge is 0.496 e. The number of hydrogen-bond acceptors (Lipinski definition) is 5. The van der Waals surface area contributed by atoms with Gasteiger partial charge in [0.25, 0.3) is 0 Å². The highest BCUT2D eigenvalue weighted by atomic mass is 79.9. The van der Waals surface area contributed by atoms with Crippen molar-refractivity contribution in [3.05, 3.63) is 28.2 Å².